The zero-order chi connectivity index (χ0) is 17.2. The van der Waals surface area contributed by atoms with Crippen LogP contribution in [0.1, 0.15) is 18.5 Å². The van der Waals surface area contributed by atoms with Gasteiger partial charge in [-0.3, -0.25) is 0 Å². The van der Waals surface area contributed by atoms with Crippen molar-refractivity contribution in [2.75, 3.05) is 13.7 Å². The molecule has 0 radical (unpaired) electrons. The summed E-state index contributed by atoms with van der Waals surface area (Å²) in [5, 5.41) is 2.81. The van der Waals surface area contributed by atoms with E-state index in [0.717, 1.165) is 10.0 Å². The second-order valence-corrected chi connectivity index (χ2v) is 5.63. The Hall–Kier alpha value is -2.08. The molecule has 0 aliphatic heterocycles. The molecule has 124 valence electrons. The van der Waals surface area contributed by atoms with Crippen molar-refractivity contribution in [3.8, 4) is 0 Å². The van der Waals surface area contributed by atoms with Crippen LogP contribution in [0.2, 0.25) is 0 Å². The Kier molecular flexibility index (Phi) is 8.11. The van der Waals surface area contributed by atoms with Crippen molar-refractivity contribution in [3.05, 3.63) is 59.1 Å². The van der Waals surface area contributed by atoms with Gasteiger partial charge in [-0.25, -0.2) is 9.59 Å². The maximum Gasteiger partial charge on any atom is 0.407 e. The average molecular weight is 382 g/mol. The Bertz CT molecular complexity index is 586. The Balaban J connectivity index is 2.98. The lowest BCUT2D eigenvalue weighted by molar-refractivity contribution is -0.134. The first-order chi connectivity index (χ1) is 11.0. The number of carbonyl (C=O) groups is 2. The molecular formula is C17H20BrNO4. The maximum atomic E-state index is 11.9. The minimum absolute atomic E-state index is 0.126. The van der Waals surface area contributed by atoms with Crippen molar-refractivity contribution in [3.63, 3.8) is 0 Å². The van der Waals surface area contributed by atoms with Gasteiger partial charge in [0.15, 0.2) is 0 Å². The molecule has 0 saturated heterocycles. The third-order valence-corrected chi connectivity index (χ3v) is 3.83. The van der Waals surface area contributed by atoms with Crippen molar-refractivity contribution in [2.45, 2.75) is 13.0 Å². The molecule has 1 aromatic rings. The van der Waals surface area contributed by atoms with Crippen LogP contribution in [-0.4, -0.2) is 25.8 Å². The van der Waals surface area contributed by atoms with Crippen molar-refractivity contribution < 1.29 is 19.1 Å². The molecule has 0 aliphatic rings. The molecule has 23 heavy (non-hydrogen) atoms. The molecular weight excluding hydrogens is 362 g/mol. The fourth-order valence-electron chi connectivity index (χ4n) is 1.93. The molecule has 0 saturated carbocycles. The summed E-state index contributed by atoms with van der Waals surface area (Å²) in [7, 11) is 1.31. The predicted octanol–water partition coefficient (Wildman–Crippen LogP) is 3.77. The van der Waals surface area contributed by atoms with Gasteiger partial charge in [-0.15, -0.1) is 0 Å². The van der Waals surface area contributed by atoms with Gasteiger partial charge in [0.2, 0.25) is 0 Å². The third-order valence-electron chi connectivity index (χ3n) is 3.11. The van der Waals surface area contributed by atoms with E-state index in [-0.39, 0.29) is 18.6 Å². The van der Waals surface area contributed by atoms with E-state index < -0.39 is 12.1 Å². The van der Waals surface area contributed by atoms with Gasteiger partial charge in [0.05, 0.1) is 13.2 Å². The summed E-state index contributed by atoms with van der Waals surface area (Å²) in [6, 6.07) is 7.17. The summed E-state index contributed by atoms with van der Waals surface area (Å²) in [5.74, 6) is -0.610. The lowest BCUT2D eigenvalue weighted by Gasteiger charge is -2.24. The topological polar surface area (TPSA) is 64.6 Å². The van der Waals surface area contributed by atoms with Gasteiger partial charge in [0.1, 0.15) is 6.61 Å². The van der Waals surface area contributed by atoms with Crippen LogP contribution >= 0.6 is 15.9 Å². The molecule has 0 fully saturated rings. The largest absolute Gasteiger partial charge is 0.466 e. The molecule has 1 N–H and O–H groups in total. The zero-order valence-electron chi connectivity index (χ0n) is 13.1. The monoisotopic (exact) mass is 381 g/mol. The predicted molar refractivity (Wildman–Crippen MR) is 91.9 cm³/mol. The highest BCUT2D eigenvalue weighted by Gasteiger charge is 2.22. The summed E-state index contributed by atoms with van der Waals surface area (Å²) in [5.41, 5.74) is 0.880. The molecule has 2 atom stereocenters. The van der Waals surface area contributed by atoms with Crippen LogP contribution in [-0.2, 0) is 14.3 Å². The molecule has 1 rings (SSSR count). The first-order valence-electron chi connectivity index (χ1n) is 7.04. The van der Waals surface area contributed by atoms with Gasteiger partial charge < -0.3 is 14.8 Å². The highest BCUT2D eigenvalue weighted by Crippen LogP contribution is 2.29. The van der Waals surface area contributed by atoms with Gasteiger partial charge in [-0.1, -0.05) is 59.8 Å². The number of methoxy groups -OCH3 is 1. The highest BCUT2D eigenvalue weighted by molar-refractivity contribution is 9.10. The molecule has 6 heteroatoms. The van der Waals surface area contributed by atoms with Crippen LogP contribution in [0.25, 0.3) is 0 Å². The smallest absolute Gasteiger partial charge is 0.407 e. The minimum atomic E-state index is -0.552. The number of ether oxygens (including phenoxy) is 2. The lowest BCUT2D eigenvalue weighted by Crippen LogP contribution is -2.33. The maximum absolute atomic E-state index is 11.9. The Morgan fingerprint density at radius 2 is 2.09 bits per heavy atom. The summed E-state index contributed by atoms with van der Waals surface area (Å²) < 4.78 is 10.4. The van der Waals surface area contributed by atoms with E-state index in [9.17, 15) is 9.59 Å². The summed E-state index contributed by atoms with van der Waals surface area (Å²) in [4.78, 5) is 23.1. The molecule has 5 nitrogen and oxygen atoms in total. The molecule has 1 amide bonds. The number of halogens is 1. The van der Waals surface area contributed by atoms with E-state index in [0.29, 0.717) is 0 Å². The number of amides is 1. The molecule has 0 heterocycles. The van der Waals surface area contributed by atoms with E-state index in [1.54, 1.807) is 6.08 Å². The van der Waals surface area contributed by atoms with Crippen LogP contribution in [0.15, 0.2) is 53.5 Å². The SMILES string of the molecule is C=CCOC(=O)N[C@H](c1ccccc1Br)[C@H](C)/C=C\C(=O)OC. The molecule has 0 spiro atoms. The summed E-state index contributed by atoms with van der Waals surface area (Å²) >= 11 is 3.48. The number of nitrogens with one attached hydrogen (secondary N) is 1. The number of hydrogen-bond acceptors (Lipinski definition) is 4. The van der Waals surface area contributed by atoms with Crippen molar-refractivity contribution in [1.29, 1.82) is 0 Å². The van der Waals surface area contributed by atoms with E-state index in [1.165, 1.54) is 19.3 Å². The average Bonchev–Trinajstić information content (AvgIpc) is 2.56. The summed E-state index contributed by atoms with van der Waals surface area (Å²) in [6.07, 6.45) is 3.96. The minimum Gasteiger partial charge on any atom is -0.466 e. The summed E-state index contributed by atoms with van der Waals surface area (Å²) in [6.45, 7) is 5.51. The highest BCUT2D eigenvalue weighted by atomic mass is 79.9. The Labute approximate surface area is 144 Å². The van der Waals surface area contributed by atoms with Crippen molar-refractivity contribution >= 4 is 28.0 Å². The van der Waals surface area contributed by atoms with E-state index in [1.807, 2.05) is 31.2 Å². The van der Waals surface area contributed by atoms with Crippen LogP contribution in [0, 0.1) is 5.92 Å². The normalized spacial score (nSPS) is 13.2. The molecule has 0 unspecified atom stereocenters. The second-order valence-electron chi connectivity index (χ2n) is 4.77. The number of esters is 1. The first kappa shape index (κ1) is 19.0. The van der Waals surface area contributed by atoms with Crippen molar-refractivity contribution in [1.82, 2.24) is 5.32 Å². The number of alkyl carbamates (subject to hydrolysis) is 1. The molecule has 0 bridgehead atoms. The fraction of sp³-hybridized carbons (Fsp3) is 0.294. The lowest BCUT2D eigenvalue weighted by atomic mass is 9.94. The van der Waals surface area contributed by atoms with Gasteiger partial charge in [-0.2, -0.15) is 0 Å². The number of benzene rings is 1. The number of rotatable bonds is 7. The Morgan fingerprint density at radius 1 is 1.39 bits per heavy atom. The van der Waals surface area contributed by atoms with E-state index in [2.05, 4.69) is 32.6 Å². The first-order valence-corrected chi connectivity index (χ1v) is 7.83. The fourth-order valence-corrected chi connectivity index (χ4v) is 2.46. The number of carbonyl (C=O) groups excluding carboxylic acids is 2. The standard InChI is InChI=1S/C17H20BrNO4/c1-4-11-23-17(21)19-16(12(2)9-10-15(20)22-3)13-7-5-6-8-14(13)18/h4-10,12,16H,1,11H2,2-3H3,(H,19,21)/b10-9-/t12-,16+/m1/s1. The van der Waals surface area contributed by atoms with Gasteiger partial charge in [0, 0.05) is 10.5 Å². The van der Waals surface area contributed by atoms with Crippen molar-refractivity contribution in [2.24, 2.45) is 5.92 Å². The number of hydrogen-bond donors (Lipinski definition) is 1. The van der Waals surface area contributed by atoms with Crippen LogP contribution < -0.4 is 5.32 Å². The third kappa shape index (κ3) is 6.28. The Morgan fingerprint density at radius 3 is 2.70 bits per heavy atom. The second kappa shape index (κ2) is 9.84. The van der Waals surface area contributed by atoms with Gasteiger partial charge in [-0.05, 0) is 17.5 Å². The quantitative estimate of drug-likeness (QED) is 0.443. The van der Waals surface area contributed by atoms with Crippen LogP contribution in [0.3, 0.4) is 0 Å². The van der Waals surface area contributed by atoms with E-state index >= 15 is 0 Å². The van der Waals surface area contributed by atoms with Gasteiger partial charge >= 0.3 is 12.1 Å². The zero-order valence-corrected chi connectivity index (χ0v) is 14.7. The van der Waals surface area contributed by atoms with Gasteiger partial charge in [0.25, 0.3) is 0 Å². The van der Waals surface area contributed by atoms with Crippen LogP contribution in [0.4, 0.5) is 4.79 Å². The molecule has 0 aliphatic carbocycles. The molecule has 0 aromatic heterocycles. The van der Waals surface area contributed by atoms with Crippen LogP contribution in [0.5, 0.6) is 0 Å². The molecule has 1 aromatic carbocycles. The van der Waals surface area contributed by atoms with E-state index in [4.69, 9.17) is 4.74 Å².